The number of nitrogens with two attached hydrogens (primary N) is 1. The zero-order chi connectivity index (χ0) is 16.8. The lowest BCUT2D eigenvalue weighted by molar-refractivity contribution is 0.403. The molecule has 1 fully saturated rings. The van der Waals surface area contributed by atoms with Crippen LogP contribution in [-0.4, -0.2) is 26.7 Å². The van der Waals surface area contributed by atoms with Gasteiger partial charge in [-0.3, -0.25) is 0 Å². The summed E-state index contributed by atoms with van der Waals surface area (Å²) in [5.41, 5.74) is 7.49. The molecule has 0 atom stereocenters. The fraction of sp³-hybridized carbons (Fsp3) is 0.250. The first-order valence-electron chi connectivity index (χ1n) is 7.41. The molecule has 3 aromatic rings. The maximum Gasteiger partial charge on any atom is 0.165 e. The maximum atomic E-state index is 14.4. The van der Waals surface area contributed by atoms with E-state index in [9.17, 15) is 4.39 Å². The molecule has 3 heterocycles. The zero-order valence-corrected chi connectivity index (χ0v) is 12.8. The largest absolute Gasteiger partial charge is 0.493 e. The Hall–Kier alpha value is -3.21. The summed E-state index contributed by atoms with van der Waals surface area (Å²) in [4.78, 5) is 8.65. The van der Waals surface area contributed by atoms with Crippen molar-refractivity contribution in [1.29, 1.82) is 5.26 Å². The van der Waals surface area contributed by atoms with Crippen LogP contribution in [0.2, 0.25) is 0 Å². The van der Waals surface area contributed by atoms with Crippen molar-refractivity contribution in [3.63, 3.8) is 0 Å². The second kappa shape index (κ2) is 5.16. The van der Waals surface area contributed by atoms with Crippen molar-refractivity contribution >= 4 is 11.5 Å². The van der Waals surface area contributed by atoms with Gasteiger partial charge in [0.15, 0.2) is 17.2 Å². The Morgan fingerprint density at radius 1 is 1.42 bits per heavy atom. The summed E-state index contributed by atoms with van der Waals surface area (Å²) >= 11 is 0. The van der Waals surface area contributed by atoms with Crippen LogP contribution >= 0.6 is 0 Å². The normalized spacial score (nSPS) is 13.9. The van der Waals surface area contributed by atoms with Crippen LogP contribution in [0.4, 0.5) is 10.2 Å². The molecule has 120 valence electrons. The lowest BCUT2D eigenvalue weighted by atomic mass is 10.1. The number of hydrogen-bond acceptors (Lipinski definition) is 6. The van der Waals surface area contributed by atoms with Crippen LogP contribution in [0.25, 0.3) is 16.9 Å². The summed E-state index contributed by atoms with van der Waals surface area (Å²) < 4.78 is 21.3. The van der Waals surface area contributed by atoms with Crippen molar-refractivity contribution in [2.24, 2.45) is 0 Å². The Bertz CT molecular complexity index is 1000. The van der Waals surface area contributed by atoms with E-state index < -0.39 is 5.82 Å². The van der Waals surface area contributed by atoms with Crippen molar-refractivity contribution < 1.29 is 9.13 Å². The molecule has 4 rings (SSSR count). The molecule has 0 unspecified atom stereocenters. The van der Waals surface area contributed by atoms with Crippen molar-refractivity contribution in [2.45, 2.75) is 18.8 Å². The topological polar surface area (TPSA) is 102 Å². The summed E-state index contributed by atoms with van der Waals surface area (Å²) in [5, 5.41) is 13.1. The molecule has 0 saturated heterocycles. The molecule has 7 nitrogen and oxygen atoms in total. The predicted molar refractivity (Wildman–Crippen MR) is 83.8 cm³/mol. The smallest absolute Gasteiger partial charge is 0.165 e. The zero-order valence-electron chi connectivity index (χ0n) is 12.8. The van der Waals surface area contributed by atoms with E-state index in [4.69, 9.17) is 15.7 Å². The highest BCUT2D eigenvalue weighted by Crippen LogP contribution is 2.43. The summed E-state index contributed by atoms with van der Waals surface area (Å²) in [6, 6.07) is 2.89. The van der Waals surface area contributed by atoms with Crippen LogP contribution in [0.5, 0.6) is 5.75 Å². The Morgan fingerprint density at radius 3 is 2.88 bits per heavy atom. The molecule has 0 radical (unpaired) electrons. The van der Waals surface area contributed by atoms with Crippen LogP contribution in [0.3, 0.4) is 0 Å². The van der Waals surface area contributed by atoms with Gasteiger partial charge in [-0.25, -0.2) is 18.9 Å². The van der Waals surface area contributed by atoms with E-state index >= 15 is 0 Å². The Kier molecular flexibility index (Phi) is 3.09. The molecule has 0 aromatic carbocycles. The van der Waals surface area contributed by atoms with Crippen molar-refractivity contribution in [3.8, 4) is 23.1 Å². The van der Waals surface area contributed by atoms with Gasteiger partial charge in [0.1, 0.15) is 17.6 Å². The number of pyridine rings is 1. The van der Waals surface area contributed by atoms with Crippen LogP contribution in [0.15, 0.2) is 18.5 Å². The van der Waals surface area contributed by atoms with E-state index in [2.05, 4.69) is 15.1 Å². The molecule has 3 aromatic heterocycles. The third kappa shape index (κ3) is 2.13. The fourth-order valence-electron chi connectivity index (χ4n) is 2.66. The van der Waals surface area contributed by atoms with Gasteiger partial charge in [-0.05, 0) is 18.9 Å². The number of anilines is 1. The average Bonchev–Trinajstić information content (AvgIpc) is 3.35. The Morgan fingerprint density at radius 2 is 2.21 bits per heavy atom. The first-order chi connectivity index (χ1) is 11.6. The minimum Gasteiger partial charge on any atom is -0.493 e. The molecular formula is C16H13FN6O. The molecule has 0 amide bonds. The molecule has 8 heteroatoms. The number of halogens is 1. The highest BCUT2D eigenvalue weighted by molar-refractivity contribution is 5.76. The third-order valence-corrected chi connectivity index (χ3v) is 4.05. The molecule has 0 bridgehead atoms. The molecular weight excluding hydrogens is 311 g/mol. The van der Waals surface area contributed by atoms with Crippen molar-refractivity contribution in [2.75, 3.05) is 12.8 Å². The number of aromatic nitrogens is 4. The first-order valence-corrected chi connectivity index (χ1v) is 7.41. The van der Waals surface area contributed by atoms with Crippen LogP contribution < -0.4 is 10.5 Å². The monoisotopic (exact) mass is 324 g/mol. The molecule has 0 spiro atoms. The van der Waals surface area contributed by atoms with Crippen LogP contribution in [0, 0.1) is 17.1 Å². The van der Waals surface area contributed by atoms with Gasteiger partial charge >= 0.3 is 0 Å². The SMILES string of the molecule is COc1cn2ncc(-c3nc(N)c(C#N)cc3F)c2nc1C1CC1. The quantitative estimate of drug-likeness (QED) is 0.793. The highest BCUT2D eigenvalue weighted by atomic mass is 19.1. The molecule has 1 saturated carbocycles. The van der Waals surface area contributed by atoms with E-state index in [-0.39, 0.29) is 17.1 Å². The second-order valence-electron chi connectivity index (χ2n) is 5.66. The summed E-state index contributed by atoms with van der Waals surface area (Å²) in [7, 11) is 1.58. The number of nitriles is 1. The van der Waals surface area contributed by atoms with E-state index in [1.807, 2.05) is 6.07 Å². The molecule has 2 N–H and O–H groups in total. The van der Waals surface area contributed by atoms with Crippen LogP contribution in [0.1, 0.15) is 30.0 Å². The summed E-state index contributed by atoms with van der Waals surface area (Å²) in [5.74, 6) is 0.356. The van der Waals surface area contributed by atoms with Gasteiger partial charge in [-0.2, -0.15) is 10.4 Å². The van der Waals surface area contributed by atoms with Gasteiger partial charge in [0.2, 0.25) is 0 Å². The summed E-state index contributed by atoms with van der Waals surface area (Å²) in [6.07, 6.45) is 5.32. The maximum absolute atomic E-state index is 14.4. The third-order valence-electron chi connectivity index (χ3n) is 4.05. The number of hydrogen-bond donors (Lipinski definition) is 1. The fourth-order valence-corrected chi connectivity index (χ4v) is 2.66. The number of rotatable bonds is 3. The number of methoxy groups -OCH3 is 1. The lowest BCUT2D eigenvalue weighted by Gasteiger charge is -2.08. The lowest BCUT2D eigenvalue weighted by Crippen LogP contribution is -2.02. The van der Waals surface area contributed by atoms with E-state index in [1.165, 1.54) is 10.7 Å². The second-order valence-corrected chi connectivity index (χ2v) is 5.66. The van der Waals surface area contributed by atoms with Crippen LogP contribution in [-0.2, 0) is 0 Å². The average molecular weight is 324 g/mol. The molecule has 0 aliphatic heterocycles. The molecule has 1 aliphatic rings. The summed E-state index contributed by atoms with van der Waals surface area (Å²) in [6.45, 7) is 0. The van der Waals surface area contributed by atoms with Gasteiger partial charge in [0.25, 0.3) is 0 Å². The first kappa shape index (κ1) is 14.4. The minimum atomic E-state index is -0.638. The van der Waals surface area contributed by atoms with E-state index in [0.717, 1.165) is 24.6 Å². The Balaban J connectivity index is 1.93. The van der Waals surface area contributed by atoms with Gasteiger partial charge < -0.3 is 10.5 Å². The van der Waals surface area contributed by atoms with E-state index in [0.29, 0.717) is 22.9 Å². The molecule has 24 heavy (non-hydrogen) atoms. The number of nitrogens with zero attached hydrogens (tertiary/aromatic N) is 5. The predicted octanol–water partition coefficient (Wildman–Crippen LogP) is 2.27. The minimum absolute atomic E-state index is 0.000946. The van der Waals surface area contributed by atoms with Crippen molar-refractivity contribution in [3.05, 3.63) is 35.5 Å². The van der Waals surface area contributed by atoms with Gasteiger partial charge in [-0.1, -0.05) is 0 Å². The van der Waals surface area contributed by atoms with Gasteiger partial charge in [0.05, 0.1) is 36.3 Å². The number of fused-ring (bicyclic) bond motifs is 1. The van der Waals surface area contributed by atoms with E-state index in [1.54, 1.807) is 13.3 Å². The standard InChI is InChI=1S/C16H13FN6O/c1-24-12-7-23-16(22-13(12)8-2-3-8)10(6-20-23)14-11(17)4-9(5-18)15(19)21-14/h4,6-8H,2-3H2,1H3,(H2,19,21). The number of ether oxygens (including phenoxy) is 1. The Labute approximate surface area is 136 Å². The highest BCUT2D eigenvalue weighted by Gasteiger charge is 2.30. The number of nitrogen functional groups attached to an aromatic ring is 1. The van der Waals surface area contributed by atoms with Gasteiger partial charge in [0, 0.05) is 5.92 Å². The molecule has 1 aliphatic carbocycles. The van der Waals surface area contributed by atoms with Gasteiger partial charge in [-0.15, -0.1) is 0 Å². The van der Waals surface area contributed by atoms with Crippen molar-refractivity contribution in [1.82, 2.24) is 19.6 Å².